The predicted molar refractivity (Wildman–Crippen MR) is 151 cm³/mol. The average Bonchev–Trinajstić information content (AvgIpc) is 3.62. The number of carbonyl (C=O) groups excluding carboxylic acids is 1. The standard InChI is InChI=1S/C31H34N4O5/c1-31(2,3)40-30(36)34-14-12-33(13-15-34)21-24-20-32-35(29(24)27-5-4-16-37-27)25-9-6-22(7-10-25)23-8-11-26-28(19-23)39-18-17-38-26/h4-11,16,19-20H,12-15,17-18,21H2,1-3H3. The number of hydrogen-bond donors (Lipinski definition) is 0. The lowest BCUT2D eigenvalue weighted by molar-refractivity contribution is 0.0139. The van der Waals surface area contributed by atoms with E-state index in [-0.39, 0.29) is 6.09 Å². The maximum absolute atomic E-state index is 12.5. The van der Waals surface area contributed by atoms with E-state index in [1.165, 1.54) is 0 Å². The topological polar surface area (TPSA) is 82.2 Å². The molecule has 9 heteroatoms. The van der Waals surface area contributed by atoms with Crippen molar-refractivity contribution in [2.45, 2.75) is 32.9 Å². The molecule has 0 radical (unpaired) electrons. The van der Waals surface area contributed by atoms with Crippen molar-refractivity contribution >= 4 is 6.09 Å². The third-order valence-corrected chi connectivity index (χ3v) is 7.00. The third kappa shape index (κ3) is 5.56. The van der Waals surface area contributed by atoms with Gasteiger partial charge >= 0.3 is 6.09 Å². The molecule has 0 atom stereocenters. The Hall–Kier alpha value is -4.24. The Labute approximate surface area is 233 Å². The summed E-state index contributed by atoms with van der Waals surface area (Å²) in [5, 5.41) is 4.76. The van der Waals surface area contributed by atoms with Crippen molar-refractivity contribution in [3.05, 3.63) is 72.6 Å². The van der Waals surface area contributed by atoms with Crippen LogP contribution in [0.3, 0.4) is 0 Å². The van der Waals surface area contributed by atoms with Crippen molar-refractivity contribution in [1.82, 2.24) is 19.6 Å². The first-order valence-electron chi connectivity index (χ1n) is 13.7. The molecule has 0 spiro atoms. The van der Waals surface area contributed by atoms with Gasteiger partial charge < -0.3 is 23.5 Å². The van der Waals surface area contributed by atoms with Gasteiger partial charge in [-0.25, -0.2) is 9.48 Å². The summed E-state index contributed by atoms with van der Waals surface area (Å²) in [4.78, 5) is 16.6. The van der Waals surface area contributed by atoms with E-state index in [1.807, 2.05) is 62.0 Å². The Bertz CT molecular complexity index is 1460. The molecule has 2 aliphatic rings. The zero-order valence-electron chi connectivity index (χ0n) is 23.1. The molecular formula is C31H34N4O5. The van der Waals surface area contributed by atoms with Gasteiger partial charge in [0, 0.05) is 38.3 Å². The molecule has 1 amide bonds. The van der Waals surface area contributed by atoms with Crippen molar-refractivity contribution in [3.8, 4) is 39.8 Å². The normalized spacial score (nSPS) is 15.7. The van der Waals surface area contributed by atoms with Crippen molar-refractivity contribution in [3.63, 3.8) is 0 Å². The quantitative estimate of drug-likeness (QED) is 0.324. The fraction of sp³-hybridized carbons (Fsp3) is 0.355. The number of piperazine rings is 1. The van der Waals surface area contributed by atoms with Gasteiger partial charge in [0.25, 0.3) is 0 Å². The fourth-order valence-corrected chi connectivity index (χ4v) is 5.04. The second-order valence-corrected chi connectivity index (χ2v) is 11.1. The van der Waals surface area contributed by atoms with Gasteiger partial charge in [-0.1, -0.05) is 18.2 Å². The lowest BCUT2D eigenvalue weighted by Gasteiger charge is -2.35. The highest BCUT2D eigenvalue weighted by atomic mass is 16.6. The molecule has 0 unspecified atom stereocenters. The second-order valence-electron chi connectivity index (χ2n) is 11.1. The monoisotopic (exact) mass is 542 g/mol. The first kappa shape index (κ1) is 26.0. The molecule has 4 aromatic rings. The minimum atomic E-state index is -0.497. The summed E-state index contributed by atoms with van der Waals surface area (Å²) in [7, 11) is 0. The number of aromatic nitrogens is 2. The number of hydrogen-bond acceptors (Lipinski definition) is 7. The number of benzene rings is 2. The molecule has 2 aliphatic heterocycles. The van der Waals surface area contributed by atoms with Gasteiger partial charge in [-0.05, 0) is 68.3 Å². The summed E-state index contributed by atoms with van der Waals surface area (Å²) >= 11 is 0. The van der Waals surface area contributed by atoms with Crippen molar-refractivity contribution in [1.29, 1.82) is 0 Å². The van der Waals surface area contributed by atoms with Crippen LogP contribution in [0.4, 0.5) is 4.79 Å². The van der Waals surface area contributed by atoms with E-state index in [2.05, 4.69) is 29.2 Å². The van der Waals surface area contributed by atoms with Crippen LogP contribution in [0.25, 0.3) is 28.3 Å². The molecule has 0 N–H and O–H groups in total. The van der Waals surface area contributed by atoms with E-state index < -0.39 is 5.60 Å². The van der Waals surface area contributed by atoms with Crippen molar-refractivity contribution in [2.24, 2.45) is 0 Å². The zero-order valence-corrected chi connectivity index (χ0v) is 23.1. The molecule has 40 heavy (non-hydrogen) atoms. The molecule has 9 nitrogen and oxygen atoms in total. The number of carbonyl (C=O) groups is 1. The lowest BCUT2D eigenvalue weighted by atomic mass is 10.0. The number of amides is 1. The minimum Gasteiger partial charge on any atom is -0.486 e. The van der Waals surface area contributed by atoms with Crippen LogP contribution in [0.15, 0.2) is 71.5 Å². The molecule has 0 aliphatic carbocycles. The minimum absolute atomic E-state index is 0.254. The lowest BCUT2D eigenvalue weighted by Crippen LogP contribution is -2.49. The van der Waals surface area contributed by atoms with Crippen LogP contribution in [0.5, 0.6) is 11.5 Å². The largest absolute Gasteiger partial charge is 0.486 e. The van der Waals surface area contributed by atoms with Crippen molar-refractivity contribution < 1.29 is 23.4 Å². The number of rotatable bonds is 5. The molecule has 1 saturated heterocycles. The van der Waals surface area contributed by atoms with E-state index >= 15 is 0 Å². The second kappa shape index (κ2) is 10.7. The highest BCUT2D eigenvalue weighted by molar-refractivity contribution is 5.69. The van der Waals surface area contributed by atoms with Gasteiger partial charge in [0.1, 0.15) is 24.5 Å². The summed E-state index contributed by atoms with van der Waals surface area (Å²) in [6.07, 6.45) is 3.34. The Kier molecular flexibility index (Phi) is 6.98. The summed E-state index contributed by atoms with van der Waals surface area (Å²) in [6, 6.07) is 18.2. The number of ether oxygens (including phenoxy) is 3. The van der Waals surface area contributed by atoms with Gasteiger partial charge in [-0.3, -0.25) is 4.90 Å². The Morgan fingerprint density at radius 1 is 0.925 bits per heavy atom. The summed E-state index contributed by atoms with van der Waals surface area (Å²) in [6.45, 7) is 10.3. The first-order chi connectivity index (χ1) is 19.3. The van der Waals surface area contributed by atoms with E-state index in [1.54, 1.807) is 11.2 Å². The molecule has 2 aromatic heterocycles. The van der Waals surface area contributed by atoms with Crippen LogP contribution in [-0.4, -0.2) is 70.7 Å². The Balaban J connectivity index is 1.20. The molecule has 2 aromatic carbocycles. The first-order valence-corrected chi connectivity index (χ1v) is 13.7. The van der Waals surface area contributed by atoms with Crippen molar-refractivity contribution in [2.75, 3.05) is 39.4 Å². The highest BCUT2D eigenvalue weighted by Crippen LogP contribution is 2.35. The number of furan rings is 1. The molecule has 6 rings (SSSR count). The summed E-state index contributed by atoms with van der Waals surface area (Å²) < 4.78 is 24.7. The van der Waals surface area contributed by atoms with E-state index in [4.69, 9.17) is 23.7 Å². The maximum atomic E-state index is 12.5. The fourth-order valence-electron chi connectivity index (χ4n) is 5.04. The molecule has 1 fully saturated rings. The number of fused-ring (bicyclic) bond motifs is 1. The van der Waals surface area contributed by atoms with Gasteiger partial charge in [0.2, 0.25) is 0 Å². The predicted octanol–water partition coefficient (Wildman–Crippen LogP) is 5.62. The number of nitrogens with zero attached hydrogens (tertiary/aromatic N) is 4. The zero-order chi connectivity index (χ0) is 27.7. The Morgan fingerprint density at radius 2 is 1.65 bits per heavy atom. The van der Waals surface area contributed by atoms with Gasteiger partial charge in [-0.15, -0.1) is 0 Å². The van der Waals surface area contributed by atoms with E-state index in [9.17, 15) is 4.79 Å². The van der Waals surface area contributed by atoms with Crippen LogP contribution >= 0.6 is 0 Å². The van der Waals surface area contributed by atoms with Crippen LogP contribution in [0.1, 0.15) is 26.3 Å². The molecule has 208 valence electrons. The third-order valence-electron chi connectivity index (χ3n) is 7.00. The van der Waals surface area contributed by atoms with Crippen LogP contribution in [0.2, 0.25) is 0 Å². The Morgan fingerprint density at radius 3 is 2.35 bits per heavy atom. The smallest absolute Gasteiger partial charge is 0.410 e. The maximum Gasteiger partial charge on any atom is 0.410 e. The SMILES string of the molecule is CC(C)(C)OC(=O)N1CCN(Cc2cnn(-c3ccc(-c4ccc5c(c4)OCCO5)cc3)c2-c2ccco2)CC1. The van der Waals surface area contributed by atoms with Gasteiger partial charge in [0.05, 0.1) is 18.1 Å². The average molecular weight is 543 g/mol. The molecule has 0 saturated carbocycles. The van der Waals surface area contributed by atoms with Gasteiger partial charge in [0.15, 0.2) is 17.3 Å². The van der Waals surface area contributed by atoms with E-state index in [0.29, 0.717) is 32.8 Å². The summed E-state index contributed by atoms with van der Waals surface area (Å²) in [5.74, 6) is 2.32. The van der Waals surface area contributed by atoms with Crippen LogP contribution in [-0.2, 0) is 11.3 Å². The highest BCUT2D eigenvalue weighted by Gasteiger charge is 2.27. The van der Waals surface area contributed by atoms with Gasteiger partial charge in [-0.2, -0.15) is 5.10 Å². The molecular weight excluding hydrogens is 508 g/mol. The molecule has 0 bridgehead atoms. The van der Waals surface area contributed by atoms with Crippen LogP contribution < -0.4 is 9.47 Å². The van der Waals surface area contributed by atoms with E-state index in [0.717, 1.165) is 58.4 Å². The summed E-state index contributed by atoms with van der Waals surface area (Å²) in [5.41, 5.74) is 4.57. The molecule has 4 heterocycles. The van der Waals surface area contributed by atoms with Crippen LogP contribution in [0, 0.1) is 0 Å².